The highest BCUT2D eigenvalue weighted by atomic mass is 16.5. The molecule has 0 aliphatic heterocycles. The van der Waals surface area contributed by atoms with Crippen LogP contribution in [0.15, 0.2) is 42.7 Å². The summed E-state index contributed by atoms with van der Waals surface area (Å²) >= 11 is 0. The molecule has 1 N–H and O–H groups in total. The largest absolute Gasteiger partial charge is 0.504 e. The average molecular weight is 367 g/mol. The highest BCUT2D eigenvalue weighted by Gasteiger charge is 2.26. The topological polar surface area (TPSA) is 95.0 Å². The van der Waals surface area contributed by atoms with Crippen LogP contribution in [0.2, 0.25) is 0 Å². The second-order valence-corrected chi connectivity index (χ2v) is 5.64. The van der Waals surface area contributed by atoms with Crippen molar-refractivity contribution >= 4 is 22.7 Å². The van der Waals surface area contributed by atoms with Crippen LogP contribution in [0.4, 0.5) is 0 Å². The minimum atomic E-state index is -0.692. The fourth-order valence-electron chi connectivity index (χ4n) is 2.98. The maximum absolute atomic E-state index is 12.6. The number of phenols is 1. The smallest absolute Gasteiger partial charge is 0.339 e. The fourth-order valence-corrected chi connectivity index (χ4v) is 2.98. The van der Waals surface area contributed by atoms with E-state index < -0.39 is 11.9 Å². The number of hydrogen-bond donors (Lipinski definition) is 1. The molecule has 2 aromatic carbocycles. The highest BCUT2D eigenvalue weighted by Crippen LogP contribution is 2.40. The van der Waals surface area contributed by atoms with E-state index in [-0.39, 0.29) is 22.6 Å². The first-order valence-electron chi connectivity index (χ1n) is 7.96. The zero-order chi connectivity index (χ0) is 19.6. The van der Waals surface area contributed by atoms with Gasteiger partial charge in [-0.25, -0.2) is 9.59 Å². The van der Waals surface area contributed by atoms with Gasteiger partial charge in [0.15, 0.2) is 11.5 Å². The molecular weight excluding hydrogens is 350 g/mol. The summed E-state index contributed by atoms with van der Waals surface area (Å²) in [6.45, 7) is 0. The number of aromatic hydroxyl groups is 1. The first-order chi connectivity index (χ1) is 13.0. The van der Waals surface area contributed by atoms with Crippen LogP contribution in [0.5, 0.6) is 11.5 Å². The average Bonchev–Trinajstić information content (AvgIpc) is 2.71. The number of carbonyl (C=O) groups is 2. The molecule has 27 heavy (non-hydrogen) atoms. The number of esters is 2. The second-order valence-electron chi connectivity index (χ2n) is 5.64. The van der Waals surface area contributed by atoms with Crippen molar-refractivity contribution in [1.29, 1.82) is 0 Å². The third kappa shape index (κ3) is 3.15. The summed E-state index contributed by atoms with van der Waals surface area (Å²) < 4.78 is 15.0. The van der Waals surface area contributed by atoms with Crippen molar-refractivity contribution in [3.05, 3.63) is 53.9 Å². The molecule has 1 heterocycles. The number of phenolic OH excluding ortho intramolecular Hbond substituents is 1. The SMILES string of the molecule is COC(=O)c1cc2cc(O)c(OC)cc2c(-c2ccncc2)c1C(=O)OC. The van der Waals surface area contributed by atoms with Gasteiger partial charge in [-0.15, -0.1) is 0 Å². The Kier molecular flexibility index (Phi) is 4.94. The minimum absolute atomic E-state index is 0.0354. The first kappa shape index (κ1) is 18.2. The molecule has 3 rings (SSSR count). The molecule has 0 aliphatic rings. The zero-order valence-electron chi connectivity index (χ0n) is 15.0. The number of pyridine rings is 1. The Bertz CT molecular complexity index is 1030. The Morgan fingerprint density at radius 2 is 1.63 bits per heavy atom. The van der Waals surface area contributed by atoms with Crippen LogP contribution >= 0.6 is 0 Å². The quantitative estimate of drug-likeness (QED) is 0.708. The van der Waals surface area contributed by atoms with Crippen molar-refractivity contribution in [1.82, 2.24) is 4.98 Å². The molecule has 0 amide bonds. The predicted octanol–water partition coefficient (Wildman–Crippen LogP) is 3.19. The molecule has 3 aromatic rings. The van der Waals surface area contributed by atoms with E-state index in [1.165, 1.54) is 33.5 Å². The number of methoxy groups -OCH3 is 3. The number of fused-ring (bicyclic) bond motifs is 1. The Labute approximate surface area is 155 Å². The van der Waals surface area contributed by atoms with E-state index in [2.05, 4.69) is 4.98 Å². The zero-order valence-corrected chi connectivity index (χ0v) is 15.0. The lowest BCUT2D eigenvalue weighted by Gasteiger charge is -2.17. The summed E-state index contributed by atoms with van der Waals surface area (Å²) in [4.78, 5) is 28.9. The first-order valence-corrected chi connectivity index (χ1v) is 7.96. The number of carbonyl (C=O) groups excluding carboxylic acids is 2. The second kappa shape index (κ2) is 7.33. The molecule has 1 aromatic heterocycles. The molecule has 0 saturated heterocycles. The van der Waals surface area contributed by atoms with Crippen molar-refractivity contribution in [2.45, 2.75) is 0 Å². The molecule has 138 valence electrons. The van der Waals surface area contributed by atoms with Crippen LogP contribution in [0, 0.1) is 0 Å². The number of hydrogen-bond acceptors (Lipinski definition) is 7. The van der Waals surface area contributed by atoms with Gasteiger partial charge in [-0.2, -0.15) is 0 Å². The summed E-state index contributed by atoms with van der Waals surface area (Å²) in [7, 11) is 3.89. The molecule has 0 fully saturated rings. The number of rotatable bonds is 4. The van der Waals surface area contributed by atoms with Crippen molar-refractivity contribution in [2.75, 3.05) is 21.3 Å². The van der Waals surface area contributed by atoms with Gasteiger partial charge in [0.05, 0.1) is 32.5 Å². The van der Waals surface area contributed by atoms with Gasteiger partial charge < -0.3 is 19.3 Å². The maximum Gasteiger partial charge on any atom is 0.339 e. The van der Waals surface area contributed by atoms with Crippen LogP contribution in [-0.4, -0.2) is 43.4 Å². The van der Waals surface area contributed by atoms with Crippen molar-refractivity contribution in [3.8, 4) is 22.6 Å². The van der Waals surface area contributed by atoms with E-state index in [0.717, 1.165) is 0 Å². The van der Waals surface area contributed by atoms with E-state index in [4.69, 9.17) is 14.2 Å². The third-order valence-corrected chi connectivity index (χ3v) is 4.20. The molecule has 0 atom stereocenters. The number of ether oxygens (including phenoxy) is 3. The van der Waals surface area contributed by atoms with Gasteiger partial charge in [0, 0.05) is 18.0 Å². The van der Waals surface area contributed by atoms with Crippen LogP contribution in [-0.2, 0) is 9.47 Å². The van der Waals surface area contributed by atoms with E-state index in [1.54, 1.807) is 30.6 Å². The van der Waals surface area contributed by atoms with Gasteiger partial charge in [0.25, 0.3) is 0 Å². The Balaban J connectivity index is 2.54. The number of aromatic nitrogens is 1. The molecule has 0 radical (unpaired) electrons. The van der Waals surface area contributed by atoms with Gasteiger partial charge in [-0.1, -0.05) is 0 Å². The monoisotopic (exact) mass is 367 g/mol. The fraction of sp³-hybridized carbons (Fsp3) is 0.150. The van der Waals surface area contributed by atoms with E-state index >= 15 is 0 Å². The van der Waals surface area contributed by atoms with Gasteiger partial charge in [0.1, 0.15) is 0 Å². The molecule has 0 spiro atoms. The molecule has 0 unspecified atom stereocenters. The number of nitrogens with zero attached hydrogens (tertiary/aromatic N) is 1. The molecule has 7 heteroatoms. The number of benzene rings is 2. The molecule has 0 bridgehead atoms. The Hall–Kier alpha value is -3.61. The maximum atomic E-state index is 12.6. The normalized spacial score (nSPS) is 10.5. The summed E-state index contributed by atoms with van der Waals surface area (Å²) in [6, 6.07) is 7.97. The van der Waals surface area contributed by atoms with Gasteiger partial charge >= 0.3 is 11.9 Å². The molecule has 7 nitrogen and oxygen atoms in total. The molecular formula is C20H17NO6. The molecule has 0 saturated carbocycles. The van der Waals surface area contributed by atoms with Gasteiger partial charge in [-0.05, 0) is 46.7 Å². The van der Waals surface area contributed by atoms with Crippen LogP contribution in [0.25, 0.3) is 21.9 Å². The highest BCUT2D eigenvalue weighted by molar-refractivity contribution is 6.15. The van der Waals surface area contributed by atoms with Crippen molar-refractivity contribution < 1.29 is 28.9 Å². The predicted molar refractivity (Wildman–Crippen MR) is 98.1 cm³/mol. The van der Waals surface area contributed by atoms with E-state index in [1.807, 2.05) is 0 Å². The standard InChI is InChI=1S/C20H17NO6/c1-25-16-10-13-12(9-15(16)22)8-14(19(23)26-2)18(20(24)27-3)17(13)11-4-6-21-7-5-11/h4-10,22H,1-3H3. The lowest BCUT2D eigenvalue weighted by atomic mass is 9.89. The van der Waals surface area contributed by atoms with Gasteiger partial charge in [0.2, 0.25) is 0 Å². The summed E-state index contributed by atoms with van der Waals surface area (Å²) in [6.07, 6.45) is 3.15. The summed E-state index contributed by atoms with van der Waals surface area (Å²) in [5.74, 6) is -1.23. The lowest BCUT2D eigenvalue weighted by Crippen LogP contribution is -2.14. The van der Waals surface area contributed by atoms with E-state index in [9.17, 15) is 14.7 Å². The van der Waals surface area contributed by atoms with Gasteiger partial charge in [-0.3, -0.25) is 4.98 Å². The van der Waals surface area contributed by atoms with Crippen LogP contribution in [0.1, 0.15) is 20.7 Å². The minimum Gasteiger partial charge on any atom is -0.504 e. The van der Waals surface area contributed by atoms with Crippen molar-refractivity contribution in [3.63, 3.8) is 0 Å². The third-order valence-electron chi connectivity index (χ3n) is 4.20. The Morgan fingerprint density at radius 3 is 2.22 bits per heavy atom. The van der Waals surface area contributed by atoms with Crippen molar-refractivity contribution in [2.24, 2.45) is 0 Å². The lowest BCUT2D eigenvalue weighted by molar-refractivity contribution is 0.0556. The summed E-state index contributed by atoms with van der Waals surface area (Å²) in [5.41, 5.74) is 1.21. The van der Waals surface area contributed by atoms with E-state index in [0.29, 0.717) is 21.9 Å². The molecule has 0 aliphatic carbocycles. The van der Waals surface area contributed by atoms with Crippen LogP contribution < -0.4 is 4.74 Å². The summed E-state index contributed by atoms with van der Waals surface area (Å²) in [5, 5.41) is 11.3. The Morgan fingerprint density at radius 1 is 0.963 bits per heavy atom. The van der Waals surface area contributed by atoms with Crippen LogP contribution in [0.3, 0.4) is 0 Å².